The van der Waals surface area contributed by atoms with E-state index in [9.17, 15) is 44.1 Å². The van der Waals surface area contributed by atoms with E-state index in [2.05, 4.69) is 25.7 Å². The number of benzene rings is 1. The number of aromatic nitrogens is 4. The lowest BCUT2D eigenvalue weighted by Gasteiger charge is -2.32. The van der Waals surface area contributed by atoms with Gasteiger partial charge in [0.15, 0.2) is 6.33 Å². The van der Waals surface area contributed by atoms with Crippen molar-refractivity contribution in [2.45, 2.75) is 44.9 Å². The molecule has 2 heterocycles. The van der Waals surface area contributed by atoms with Crippen molar-refractivity contribution in [2.24, 2.45) is 0 Å². The largest absolute Gasteiger partial charge is 0.480 e. The summed E-state index contributed by atoms with van der Waals surface area (Å²) in [5.41, 5.74) is 1.82. The fourth-order valence-electron chi connectivity index (χ4n) is 6.16. The predicted octanol–water partition coefficient (Wildman–Crippen LogP) is -0.420. The van der Waals surface area contributed by atoms with Gasteiger partial charge in [-0.15, -0.1) is 20.4 Å². The predicted molar refractivity (Wildman–Crippen MR) is 208 cm³/mol. The molecule has 3 rings (SSSR count). The number of aryl methyl sites for hydroxylation is 1. The topological polar surface area (TPSA) is 258 Å². The van der Waals surface area contributed by atoms with Crippen LogP contribution in [0.4, 0.5) is 0 Å². The number of carboxylic acid groups (broad SMARTS) is 3. The Balaban J connectivity index is 1.23. The molecule has 0 radical (unpaired) electrons. The van der Waals surface area contributed by atoms with Crippen molar-refractivity contribution in [3.63, 3.8) is 0 Å². The standard InChI is InChI=1S/C38H57N9O11/c48-32(3-1-4-33(49)11-8-30-6-9-31(10-7-30)38-42-40-29-41-43-38)5-2-21-57-23-24-58-22-12-39-34(50)25-44-13-15-45(26-35(51)52)17-19-47(28-37(55)56)20-18-46(16-14-44)27-36(53)54/h6-7,9-10,29H,1-5,8,11-28H2,(H,39,50)(H,51,52)(H,53,54)(H,55,56). The molecule has 0 saturated carbocycles. The zero-order chi connectivity index (χ0) is 42.0. The average molecular weight is 816 g/mol. The minimum absolute atomic E-state index is 0.0176. The van der Waals surface area contributed by atoms with Gasteiger partial charge in [-0.25, -0.2) is 0 Å². The molecule has 1 aliphatic heterocycles. The first-order valence-electron chi connectivity index (χ1n) is 19.6. The Kier molecular flexibility index (Phi) is 22.7. The first kappa shape index (κ1) is 47.5. The molecule has 4 N–H and O–H groups in total. The first-order chi connectivity index (χ1) is 28.0. The third kappa shape index (κ3) is 21.6. The van der Waals surface area contributed by atoms with Gasteiger partial charge in [0.25, 0.3) is 0 Å². The maximum absolute atomic E-state index is 12.8. The van der Waals surface area contributed by atoms with Crippen LogP contribution in [0.3, 0.4) is 0 Å². The van der Waals surface area contributed by atoms with E-state index in [-0.39, 0.29) is 56.8 Å². The van der Waals surface area contributed by atoms with E-state index < -0.39 is 17.9 Å². The van der Waals surface area contributed by atoms with Gasteiger partial charge in [0.2, 0.25) is 11.7 Å². The van der Waals surface area contributed by atoms with Gasteiger partial charge in [0, 0.05) is 96.8 Å². The number of nitrogens with zero attached hydrogens (tertiary/aromatic N) is 8. The number of hydrogen-bond acceptors (Lipinski definition) is 16. The highest BCUT2D eigenvalue weighted by Gasteiger charge is 2.21. The van der Waals surface area contributed by atoms with Crippen molar-refractivity contribution in [1.29, 1.82) is 0 Å². The summed E-state index contributed by atoms with van der Waals surface area (Å²) in [7, 11) is 0. The first-order valence-corrected chi connectivity index (χ1v) is 19.6. The fourth-order valence-corrected chi connectivity index (χ4v) is 6.16. The maximum atomic E-state index is 12.8. The number of nitrogens with one attached hydrogen (secondary N) is 1. The van der Waals surface area contributed by atoms with Gasteiger partial charge in [-0.1, -0.05) is 24.3 Å². The van der Waals surface area contributed by atoms with Crippen LogP contribution in [0, 0.1) is 0 Å². The van der Waals surface area contributed by atoms with Gasteiger partial charge in [0.1, 0.15) is 11.6 Å². The number of amides is 1. The SMILES string of the molecule is O=C(O)CN1CCN(CC(=O)O)CCN(CC(=O)NCCOCCOCCCC(=O)CCCC(=O)CCc2ccc(-c3nncnn3)cc2)CCN(CC(=O)O)CC1. The van der Waals surface area contributed by atoms with Crippen molar-refractivity contribution in [2.75, 3.05) is 112 Å². The Bertz CT molecular complexity index is 1540. The van der Waals surface area contributed by atoms with E-state index in [0.717, 1.165) is 11.1 Å². The summed E-state index contributed by atoms with van der Waals surface area (Å²) in [6, 6.07) is 7.59. The summed E-state index contributed by atoms with van der Waals surface area (Å²) in [5, 5.41) is 46.2. The monoisotopic (exact) mass is 815 g/mol. The third-order valence-corrected chi connectivity index (χ3v) is 9.28. The van der Waals surface area contributed by atoms with Crippen LogP contribution in [-0.2, 0) is 44.7 Å². The highest BCUT2D eigenvalue weighted by molar-refractivity contribution is 5.81. The van der Waals surface area contributed by atoms with Crippen LogP contribution >= 0.6 is 0 Å². The van der Waals surface area contributed by atoms with Crippen LogP contribution in [-0.4, -0.2) is 202 Å². The zero-order valence-corrected chi connectivity index (χ0v) is 33.0. The summed E-state index contributed by atoms with van der Waals surface area (Å²) >= 11 is 0. The minimum atomic E-state index is -1.03. The summed E-state index contributed by atoms with van der Waals surface area (Å²) in [5.74, 6) is -2.67. The Labute approximate surface area is 337 Å². The molecule has 320 valence electrons. The van der Waals surface area contributed by atoms with E-state index in [4.69, 9.17) is 9.47 Å². The maximum Gasteiger partial charge on any atom is 0.317 e. The number of carbonyl (C=O) groups excluding carboxylic acids is 3. The number of carboxylic acids is 3. The summed E-state index contributed by atoms with van der Waals surface area (Å²) in [6.45, 7) is 3.35. The Hall–Kier alpha value is -4.86. The second kappa shape index (κ2) is 27.7. The van der Waals surface area contributed by atoms with Crippen LogP contribution in [0.5, 0.6) is 0 Å². The van der Waals surface area contributed by atoms with Crippen LogP contribution in [0.15, 0.2) is 30.6 Å². The number of ether oxygens (including phenoxy) is 2. The molecule has 0 unspecified atom stereocenters. The number of Topliss-reactive ketones (excluding diaryl/α,β-unsaturated/α-hetero) is 2. The van der Waals surface area contributed by atoms with E-state index in [1.165, 1.54) is 6.33 Å². The van der Waals surface area contributed by atoms with E-state index in [1.54, 1.807) is 14.7 Å². The highest BCUT2D eigenvalue weighted by Crippen LogP contribution is 2.15. The van der Waals surface area contributed by atoms with E-state index >= 15 is 0 Å². The Morgan fingerprint density at radius 3 is 1.52 bits per heavy atom. The van der Waals surface area contributed by atoms with Crippen molar-refractivity contribution in [3.8, 4) is 11.4 Å². The molecule has 1 amide bonds. The Morgan fingerprint density at radius 2 is 1.02 bits per heavy atom. The molecule has 20 nitrogen and oxygen atoms in total. The lowest BCUT2D eigenvalue weighted by molar-refractivity contribution is -0.140. The smallest absolute Gasteiger partial charge is 0.317 e. The molecule has 1 aromatic heterocycles. The van der Waals surface area contributed by atoms with Crippen molar-refractivity contribution in [3.05, 3.63) is 36.2 Å². The number of carbonyl (C=O) groups is 6. The second-order valence-corrected chi connectivity index (χ2v) is 14.0. The highest BCUT2D eigenvalue weighted by atomic mass is 16.5. The third-order valence-electron chi connectivity index (χ3n) is 9.28. The zero-order valence-electron chi connectivity index (χ0n) is 33.0. The van der Waals surface area contributed by atoms with Crippen LogP contribution in [0.2, 0.25) is 0 Å². The molecule has 2 aromatic rings. The molecule has 0 atom stereocenters. The van der Waals surface area contributed by atoms with Gasteiger partial charge in [-0.3, -0.25) is 48.4 Å². The van der Waals surface area contributed by atoms with Crippen LogP contribution in [0.1, 0.15) is 44.1 Å². The molecule has 20 heteroatoms. The van der Waals surface area contributed by atoms with Gasteiger partial charge in [0.05, 0.1) is 46.0 Å². The normalized spacial score (nSPS) is 15.2. The van der Waals surface area contributed by atoms with Crippen molar-refractivity contribution in [1.82, 2.24) is 45.3 Å². The van der Waals surface area contributed by atoms with E-state index in [1.807, 2.05) is 29.2 Å². The molecule has 0 bridgehead atoms. The van der Waals surface area contributed by atoms with Gasteiger partial charge in [-0.05, 0) is 24.8 Å². The summed E-state index contributed by atoms with van der Waals surface area (Å²) in [6.07, 6.45) is 4.48. The lowest BCUT2D eigenvalue weighted by Crippen LogP contribution is -2.50. The number of hydrogen-bond donors (Lipinski definition) is 4. The second-order valence-electron chi connectivity index (χ2n) is 14.0. The minimum Gasteiger partial charge on any atom is -0.480 e. The van der Waals surface area contributed by atoms with Crippen LogP contribution in [0.25, 0.3) is 11.4 Å². The number of ketones is 2. The Morgan fingerprint density at radius 1 is 0.569 bits per heavy atom. The molecule has 58 heavy (non-hydrogen) atoms. The van der Waals surface area contributed by atoms with Gasteiger partial charge < -0.3 is 30.1 Å². The van der Waals surface area contributed by atoms with Crippen LogP contribution < -0.4 is 5.32 Å². The lowest BCUT2D eigenvalue weighted by atomic mass is 10.0. The number of rotatable bonds is 26. The molecule has 1 aromatic carbocycles. The van der Waals surface area contributed by atoms with Gasteiger partial charge in [-0.2, -0.15) is 0 Å². The molecule has 0 spiro atoms. The average Bonchev–Trinajstić information content (AvgIpc) is 3.18. The van der Waals surface area contributed by atoms with Gasteiger partial charge >= 0.3 is 17.9 Å². The molecule has 0 aliphatic carbocycles. The van der Waals surface area contributed by atoms with Crippen molar-refractivity contribution < 1.29 is 53.6 Å². The molecule has 1 aliphatic rings. The van der Waals surface area contributed by atoms with Crippen molar-refractivity contribution >= 4 is 35.4 Å². The molecular weight excluding hydrogens is 758 g/mol. The summed E-state index contributed by atoms with van der Waals surface area (Å²) < 4.78 is 11.1. The summed E-state index contributed by atoms with van der Waals surface area (Å²) in [4.78, 5) is 78.6. The van der Waals surface area contributed by atoms with E-state index in [0.29, 0.717) is 123 Å². The molecular formula is C38H57N9O11. The molecule has 1 fully saturated rings. The quantitative estimate of drug-likeness (QED) is 0.0879. The number of aliphatic carboxylic acids is 3. The fraction of sp³-hybridized carbons (Fsp3) is 0.632. The molecule has 1 saturated heterocycles.